The summed E-state index contributed by atoms with van der Waals surface area (Å²) in [5.74, 6) is 0.955. The molecule has 7 nitrogen and oxygen atoms in total. The van der Waals surface area contributed by atoms with Crippen LogP contribution in [0.2, 0.25) is 0 Å². The minimum absolute atomic E-state index is 0.426. The molecule has 3 aromatic heterocycles. The monoisotopic (exact) mass is 315 g/mol. The maximum atomic E-state index is 4.51. The van der Waals surface area contributed by atoms with Crippen LogP contribution in [0.3, 0.4) is 0 Å². The molecule has 0 bridgehead atoms. The van der Waals surface area contributed by atoms with Crippen LogP contribution in [0.4, 0.5) is 10.9 Å². The molecule has 0 aromatic carbocycles. The van der Waals surface area contributed by atoms with Crippen molar-refractivity contribution in [2.24, 2.45) is 0 Å². The molecular weight excluding hydrogens is 298 g/mol. The Morgan fingerprint density at radius 3 is 3.23 bits per heavy atom. The van der Waals surface area contributed by atoms with E-state index in [1.54, 1.807) is 17.5 Å². The van der Waals surface area contributed by atoms with Crippen LogP contribution in [0, 0.1) is 6.92 Å². The van der Waals surface area contributed by atoms with E-state index in [1.165, 1.54) is 6.42 Å². The summed E-state index contributed by atoms with van der Waals surface area (Å²) in [5, 5.41) is 17.1. The maximum absolute atomic E-state index is 4.51. The smallest absolute Gasteiger partial charge is 0.214 e. The lowest BCUT2D eigenvalue weighted by Gasteiger charge is -2.25. The first-order valence-corrected chi connectivity index (χ1v) is 8.22. The Morgan fingerprint density at radius 1 is 1.45 bits per heavy atom. The number of aryl methyl sites for hydroxylation is 1. The number of hydrogen-bond acceptors (Lipinski definition) is 7. The largest absolute Gasteiger partial charge is 0.358 e. The van der Waals surface area contributed by atoms with Crippen molar-refractivity contribution < 1.29 is 0 Å². The van der Waals surface area contributed by atoms with E-state index in [0.29, 0.717) is 6.04 Å². The van der Waals surface area contributed by atoms with Gasteiger partial charge in [0.2, 0.25) is 10.1 Å². The molecule has 3 aromatic rings. The molecule has 1 saturated heterocycles. The first-order chi connectivity index (χ1) is 10.8. The molecule has 0 radical (unpaired) electrons. The Bertz CT molecular complexity index is 734. The summed E-state index contributed by atoms with van der Waals surface area (Å²) < 4.78 is 1.83. The van der Waals surface area contributed by atoms with E-state index in [2.05, 4.69) is 30.5 Å². The van der Waals surface area contributed by atoms with Crippen molar-refractivity contribution in [1.29, 1.82) is 0 Å². The molecule has 8 heteroatoms. The van der Waals surface area contributed by atoms with Crippen LogP contribution < -0.4 is 10.2 Å². The predicted octanol–water partition coefficient (Wildman–Crippen LogP) is 1.97. The van der Waals surface area contributed by atoms with E-state index in [0.717, 1.165) is 41.1 Å². The molecule has 1 unspecified atom stereocenters. The van der Waals surface area contributed by atoms with Gasteiger partial charge in [-0.05, 0) is 31.9 Å². The molecule has 1 N–H and O–H groups in total. The zero-order valence-corrected chi connectivity index (χ0v) is 13.1. The molecule has 1 fully saturated rings. The van der Waals surface area contributed by atoms with Crippen LogP contribution in [0.5, 0.6) is 0 Å². The zero-order valence-electron chi connectivity index (χ0n) is 12.3. The van der Waals surface area contributed by atoms with E-state index in [4.69, 9.17) is 0 Å². The molecule has 0 amide bonds. The highest BCUT2D eigenvalue weighted by Gasteiger charge is 2.25. The van der Waals surface area contributed by atoms with Gasteiger partial charge in [0.15, 0.2) is 5.82 Å². The normalized spacial score (nSPS) is 18.2. The van der Waals surface area contributed by atoms with Crippen molar-refractivity contribution in [2.45, 2.75) is 25.8 Å². The molecule has 4 heterocycles. The van der Waals surface area contributed by atoms with E-state index < -0.39 is 0 Å². The summed E-state index contributed by atoms with van der Waals surface area (Å²) in [6, 6.07) is 4.38. The topological polar surface area (TPSA) is 71.2 Å². The minimum Gasteiger partial charge on any atom is -0.358 e. The first-order valence-electron chi connectivity index (χ1n) is 7.40. The van der Waals surface area contributed by atoms with Gasteiger partial charge in [0.05, 0.1) is 11.9 Å². The lowest BCUT2D eigenvalue weighted by Crippen LogP contribution is -2.35. The minimum atomic E-state index is 0.426. The Balaban J connectivity index is 1.45. The molecule has 22 heavy (non-hydrogen) atoms. The molecule has 114 valence electrons. The van der Waals surface area contributed by atoms with Gasteiger partial charge in [-0.3, -0.25) is 0 Å². The summed E-state index contributed by atoms with van der Waals surface area (Å²) in [6.45, 7) is 3.86. The Hall–Kier alpha value is -2.22. The number of rotatable bonds is 4. The van der Waals surface area contributed by atoms with Crippen LogP contribution in [0.15, 0.2) is 24.5 Å². The van der Waals surface area contributed by atoms with Crippen molar-refractivity contribution in [3.05, 3.63) is 30.2 Å². The number of nitrogens with one attached hydrogen (secondary N) is 1. The van der Waals surface area contributed by atoms with Gasteiger partial charge in [-0.2, -0.15) is 5.10 Å². The van der Waals surface area contributed by atoms with Crippen molar-refractivity contribution >= 4 is 27.2 Å². The van der Waals surface area contributed by atoms with Crippen molar-refractivity contribution in [3.63, 3.8) is 0 Å². The van der Waals surface area contributed by atoms with Gasteiger partial charge < -0.3 is 10.2 Å². The van der Waals surface area contributed by atoms with Crippen LogP contribution in [0.1, 0.15) is 18.5 Å². The highest BCUT2D eigenvalue weighted by Crippen LogP contribution is 2.24. The maximum Gasteiger partial charge on any atom is 0.214 e. The van der Waals surface area contributed by atoms with E-state index in [9.17, 15) is 0 Å². The summed E-state index contributed by atoms with van der Waals surface area (Å²) >= 11 is 1.58. The van der Waals surface area contributed by atoms with Crippen LogP contribution in [-0.2, 0) is 0 Å². The molecule has 1 aliphatic heterocycles. The van der Waals surface area contributed by atoms with E-state index >= 15 is 0 Å². The van der Waals surface area contributed by atoms with Gasteiger partial charge in [-0.15, -0.1) is 10.2 Å². The van der Waals surface area contributed by atoms with Gasteiger partial charge in [0.1, 0.15) is 0 Å². The van der Waals surface area contributed by atoms with E-state index in [-0.39, 0.29) is 0 Å². The SMILES string of the molecule is Cc1cn2nc(NCC3CCCN3c3cccnn3)sc2n1. The molecule has 0 aliphatic carbocycles. The Labute approximate surface area is 132 Å². The van der Waals surface area contributed by atoms with Crippen molar-refractivity contribution in [1.82, 2.24) is 24.8 Å². The zero-order chi connectivity index (χ0) is 14.9. The van der Waals surface area contributed by atoms with E-state index in [1.807, 2.05) is 29.8 Å². The van der Waals surface area contributed by atoms with Crippen molar-refractivity contribution in [2.75, 3.05) is 23.3 Å². The quantitative estimate of drug-likeness (QED) is 0.794. The fraction of sp³-hybridized carbons (Fsp3) is 0.429. The lowest BCUT2D eigenvalue weighted by molar-refractivity contribution is 0.685. The Kier molecular flexibility index (Phi) is 3.38. The van der Waals surface area contributed by atoms with Gasteiger partial charge in [0.25, 0.3) is 0 Å². The average molecular weight is 315 g/mol. The number of nitrogens with zero attached hydrogens (tertiary/aromatic N) is 6. The number of fused-ring (bicyclic) bond motifs is 1. The first kappa shape index (κ1) is 13.4. The summed E-state index contributed by atoms with van der Waals surface area (Å²) in [5.41, 5.74) is 0.995. The Morgan fingerprint density at radius 2 is 2.41 bits per heavy atom. The molecule has 1 atom stereocenters. The van der Waals surface area contributed by atoms with Gasteiger partial charge in [0, 0.05) is 25.3 Å². The summed E-state index contributed by atoms with van der Waals surface area (Å²) in [6.07, 6.45) is 5.99. The highest BCUT2D eigenvalue weighted by molar-refractivity contribution is 7.20. The second-order valence-corrected chi connectivity index (χ2v) is 6.42. The second-order valence-electron chi connectivity index (χ2n) is 5.47. The lowest BCUT2D eigenvalue weighted by atomic mass is 10.2. The van der Waals surface area contributed by atoms with Gasteiger partial charge in [-0.1, -0.05) is 11.3 Å². The van der Waals surface area contributed by atoms with Crippen LogP contribution in [0.25, 0.3) is 4.96 Å². The molecule has 0 saturated carbocycles. The van der Waals surface area contributed by atoms with Gasteiger partial charge >= 0.3 is 0 Å². The molecule has 0 spiro atoms. The summed E-state index contributed by atoms with van der Waals surface area (Å²) in [4.78, 5) is 7.68. The average Bonchev–Trinajstić information content (AvgIpc) is 3.20. The van der Waals surface area contributed by atoms with Gasteiger partial charge in [-0.25, -0.2) is 9.50 Å². The molecule has 4 rings (SSSR count). The fourth-order valence-corrected chi connectivity index (χ4v) is 3.72. The van der Waals surface area contributed by atoms with Crippen molar-refractivity contribution in [3.8, 4) is 0 Å². The standard InChI is InChI=1S/C14H17N7S/c1-10-9-21-14(17-10)22-13(19-21)15-8-11-4-3-7-20(11)12-5-2-6-16-18-12/h2,5-6,9,11H,3-4,7-8H2,1H3,(H,15,19). The second kappa shape index (κ2) is 5.53. The predicted molar refractivity (Wildman–Crippen MR) is 86.5 cm³/mol. The van der Waals surface area contributed by atoms with Crippen LogP contribution in [-0.4, -0.2) is 43.9 Å². The van der Waals surface area contributed by atoms with Crippen LogP contribution >= 0.6 is 11.3 Å². The molecule has 1 aliphatic rings. The summed E-state index contributed by atoms with van der Waals surface area (Å²) in [7, 11) is 0. The molecular formula is C14H17N7S. The third kappa shape index (κ3) is 2.50. The number of hydrogen-bond donors (Lipinski definition) is 1. The third-order valence-corrected chi connectivity index (χ3v) is 4.76. The third-order valence-electron chi connectivity index (χ3n) is 3.88. The highest BCUT2D eigenvalue weighted by atomic mass is 32.1. The number of anilines is 2. The number of imidazole rings is 1. The fourth-order valence-electron chi connectivity index (χ4n) is 2.88. The number of aromatic nitrogens is 5.